The lowest BCUT2D eigenvalue weighted by atomic mass is 10.0. The highest BCUT2D eigenvalue weighted by Gasteiger charge is 2.32. The van der Waals surface area contributed by atoms with Crippen LogP contribution >= 0.6 is 0 Å². The Morgan fingerprint density at radius 2 is 1.39 bits per heavy atom. The van der Waals surface area contributed by atoms with Crippen molar-refractivity contribution >= 4 is 19.9 Å². The van der Waals surface area contributed by atoms with Crippen molar-refractivity contribution in [1.82, 2.24) is 4.72 Å². The molecule has 2 aliphatic rings. The van der Waals surface area contributed by atoms with Crippen LogP contribution in [0.25, 0.3) is 0 Å². The summed E-state index contributed by atoms with van der Waals surface area (Å²) in [5, 5.41) is 0. The van der Waals surface area contributed by atoms with Gasteiger partial charge < -0.3 is 0 Å². The van der Waals surface area contributed by atoms with E-state index in [0.29, 0.717) is 36.8 Å². The minimum atomic E-state index is -3.88. The smallest absolute Gasteiger partial charge is 0.218 e. The molecule has 3 aromatic rings. The maximum atomic E-state index is 13.4. The molecule has 7 heteroatoms. The minimum absolute atomic E-state index is 0.0326. The second kappa shape index (κ2) is 7.29. The Morgan fingerprint density at radius 3 is 2.06 bits per heavy atom. The average molecular weight is 454 g/mol. The van der Waals surface area contributed by atoms with E-state index in [2.05, 4.69) is 4.72 Å². The molecule has 1 heterocycles. The molecular weight excluding hydrogens is 430 g/mol. The molecule has 1 aliphatic carbocycles. The first-order chi connectivity index (χ1) is 14.8. The largest absolute Gasteiger partial charge is 0.241 e. The van der Waals surface area contributed by atoms with Crippen LogP contribution in [0.3, 0.4) is 0 Å². The lowest BCUT2D eigenvalue weighted by Crippen LogP contribution is -2.35. The number of sulfonamides is 1. The monoisotopic (exact) mass is 453 g/mol. The van der Waals surface area contributed by atoms with E-state index in [0.717, 1.165) is 16.7 Å². The summed E-state index contributed by atoms with van der Waals surface area (Å²) in [6.45, 7) is 1.73. The molecular formula is C24H23NO4S2. The SMILES string of the molecule is Cc1cc2c(cc1S(=O)(=O)NC1Cc3ccccc3C1)S(=O)(=O)c1ccccc1CC2. The summed E-state index contributed by atoms with van der Waals surface area (Å²) in [5.74, 6) is 0. The van der Waals surface area contributed by atoms with E-state index in [9.17, 15) is 16.8 Å². The van der Waals surface area contributed by atoms with Gasteiger partial charge in [0.25, 0.3) is 0 Å². The van der Waals surface area contributed by atoms with Gasteiger partial charge in [0.2, 0.25) is 19.9 Å². The fourth-order valence-electron chi connectivity index (χ4n) is 4.75. The summed E-state index contributed by atoms with van der Waals surface area (Å²) in [7, 11) is -7.68. The van der Waals surface area contributed by atoms with Gasteiger partial charge in [-0.2, -0.15) is 0 Å². The van der Waals surface area contributed by atoms with Gasteiger partial charge in [-0.25, -0.2) is 21.6 Å². The van der Waals surface area contributed by atoms with Gasteiger partial charge in [0.15, 0.2) is 0 Å². The fourth-order valence-corrected chi connectivity index (χ4v) is 8.10. The number of rotatable bonds is 3. The van der Waals surface area contributed by atoms with Crippen molar-refractivity contribution in [2.75, 3.05) is 0 Å². The first-order valence-corrected chi connectivity index (χ1v) is 13.3. The zero-order chi connectivity index (χ0) is 21.8. The zero-order valence-corrected chi connectivity index (χ0v) is 18.8. The normalized spacial score (nSPS) is 17.5. The van der Waals surface area contributed by atoms with Crippen molar-refractivity contribution in [3.63, 3.8) is 0 Å². The summed E-state index contributed by atoms with van der Waals surface area (Å²) in [6, 6.07) is 17.7. The maximum absolute atomic E-state index is 13.4. The Morgan fingerprint density at radius 1 is 0.806 bits per heavy atom. The Kier molecular flexibility index (Phi) is 4.80. The van der Waals surface area contributed by atoms with Gasteiger partial charge in [0.05, 0.1) is 14.7 Å². The quantitative estimate of drug-likeness (QED) is 0.659. The number of benzene rings is 3. The number of hydrogen-bond acceptors (Lipinski definition) is 4. The number of sulfone groups is 1. The number of aryl methyl sites for hydroxylation is 3. The van der Waals surface area contributed by atoms with E-state index in [4.69, 9.17) is 0 Å². The van der Waals surface area contributed by atoms with Crippen molar-refractivity contribution in [3.8, 4) is 0 Å². The minimum Gasteiger partial charge on any atom is -0.218 e. The molecule has 31 heavy (non-hydrogen) atoms. The molecule has 160 valence electrons. The third kappa shape index (κ3) is 3.50. The average Bonchev–Trinajstić information content (AvgIpc) is 3.09. The van der Waals surface area contributed by atoms with Gasteiger partial charge in [0, 0.05) is 6.04 Å². The number of hydrogen-bond donors (Lipinski definition) is 1. The lowest BCUT2D eigenvalue weighted by Gasteiger charge is -2.17. The molecule has 0 amide bonds. The standard InChI is InChI=1S/C24H23NO4S2/c1-16-12-20-11-10-17-6-4-5-9-22(17)30(26,27)24(20)15-23(16)31(28,29)25-21-13-18-7-2-3-8-19(18)14-21/h2-9,12,15,21,25H,10-11,13-14H2,1H3. The van der Waals surface area contributed by atoms with Crippen molar-refractivity contribution in [2.24, 2.45) is 0 Å². The number of fused-ring (bicyclic) bond motifs is 3. The van der Waals surface area contributed by atoms with Crippen LogP contribution in [0.2, 0.25) is 0 Å². The Labute approximate surface area is 183 Å². The van der Waals surface area contributed by atoms with E-state index in [1.54, 1.807) is 25.1 Å². The lowest BCUT2D eigenvalue weighted by molar-refractivity contribution is 0.554. The molecule has 5 nitrogen and oxygen atoms in total. The third-order valence-corrected chi connectivity index (χ3v) is 9.83. The molecule has 0 radical (unpaired) electrons. The van der Waals surface area contributed by atoms with Crippen LogP contribution in [-0.4, -0.2) is 22.9 Å². The summed E-state index contributed by atoms with van der Waals surface area (Å²) < 4.78 is 56.1. The number of nitrogens with one attached hydrogen (secondary N) is 1. The molecule has 0 aromatic heterocycles. The van der Waals surface area contributed by atoms with Crippen molar-refractivity contribution in [1.29, 1.82) is 0 Å². The highest BCUT2D eigenvalue weighted by Crippen LogP contribution is 2.35. The predicted octanol–water partition coefficient (Wildman–Crippen LogP) is 3.37. The highest BCUT2D eigenvalue weighted by molar-refractivity contribution is 7.92. The van der Waals surface area contributed by atoms with Gasteiger partial charge in [-0.1, -0.05) is 48.5 Å². The molecule has 0 unspecified atom stereocenters. The van der Waals surface area contributed by atoms with Crippen LogP contribution in [0.5, 0.6) is 0 Å². The van der Waals surface area contributed by atoms with Crippen LogP contribution in [-0.2, 0) is 45.5 Å². The van der Waals surface area contributed by atoms with Gasteiger partial charge >= 0.3 is 0 Å². The van der Waals surface area contributed by atoms with E-state index >= 15 is 0 Å². The van der Waals surface area contributed by atoms with E-state index < -0.39 is 19.9 Å². The van der Waals surface area contributed by atoms with Crippen molar-refractivity contribution in [3.05, 3.63) is 88.5 Å². The van der Waals surface area contributed by atoms with Crippen LogP contribution < -0.4 is 4.72 Å². The van der Waals surface area contributed by atoms with Crippen LogP contribution in [0.15, 0.2) is 75.4 Å². The molecule has 1 aliphatic heterocycles. The highest BCUT2D eigenvalue weighted by atomic mass is 32.2. The van der Waals surface area contributed by atoms with Crippen molar-refractivity contribution < 1.29 is 16.8 Å². The molecule has 3 aromatic carbocycles. The molecule has 0 bridgehead atoms. The first-order valence-electron chi connectivity index (χ1n) is 10.3. The summed E-state index contributed by atoms with van der Waals surface area (Å²) in [4.78, 5) is 0.392. The van der Waals surface area contributed by atoms with E-state index in [1.165, 1.54) is 6.07 Å². The Hall–Kier alpha value is -2.48. The third-order valence-electron chi connectivity index (χ3n) is 6.24. The fraction of sp³-hybridized carbons (Fsp3) is 0.250. The van der Waals surface area contributed by atoms with E-state index in [-0.39, 0.29) is 20.7 Å². The Bertz CT molecular complexity index is 1380. The summed E-state index contributed by atoms with van der Waals surface area (Å²) >= 11 is 0. The summed E-state index contributed by atoms with van der Waals surface area (Å²) in [6.07, 6.45) is 2.42. The van der Waals surface area contributed by atoms with Gasteiger partial charge in [-0.15, -0.1) is 0 Å². The zero-order valence-electron chi connectivity index (χ0n) is 17.1. The van der Waals surface area contributed by atoms with Crippen molar-refractivity contribution in [2.45, 2.75) is 53.3 Å². The molecule has 0 saturated carbocycles. The van der Waals surface area contributed by atoms with Gasteiger partial charge in [0.1, 0.15) is 0 Å². The molecule has 0 atom stereocenters. The molecule has 0 saturated heterocycles. The molecule has 5 rings (SSSR count). The van der Waals surface area contributed by atoms with Gasteiger partial charge in [-0.05, 0) is 72.6 Å². The Balaban J connectivity index is 1.54. The molecule has 0 fully saturated rings. The predicted molar refractivity (Wildman–Crippen MR) is 118 cm³/mol. The second-order valence-electron chi connectivity index (χ2n) is 8.33. The van der Waals surface area contributed by atoms with Gasteiger partial charge in [-0.3, -0.25) is 0 Å². The van der Waals surface area contributed by atoms with Crippen LogP contribution in [0, 0.1) is 6.92 Å². The maximum Gasteiger partial charge on any atom is 0.241 e. The first kappa shape index (κ1) is 20.4. The molecule has 1 N–H and O–H groups in total. The van der Waals surface area contributed by atoms with Crippen LogP contribution in [0.1, 0.15) is 27.8 Å². The summed E-state index contributed by atoms with van der Waals surface area (Å²) in [5.41, 5.74) is 4.28. The second-order valence-corrected chi connectivity index (χ2v) is 11.9. The van der Waals surface area contributed by atoms with Crippen LogP contribution in [0.4, 0.5) is 0 Å². The van der Waals surface area contributed by atoms with E-state index in [1.807, 2.05) is 36.4 Å². The molecule has 0 spiro atoms. The topological polar surface area (TPSA) is 80.3 Å².